The summed E-state index contributed by atoms with van der Waals surface area (Å²) in [6.07, 6.45) is 1.19. The minimum Gasteiger partial charge on any atom is -0.395 e. The highest BCUT2D eigenvalue weighted by molar-refractivity contribution is 7.11. The van der Waals surface area contributed by atoms with Crippen LogP contribution in [0.4, 0.5) is 0 Å². The van der Waals surface area contributed by atoms with E-state index in [9.17, 15) is 5.11 Å². The number of hydrogen-bond donors (Lipinski definition) is 1. The normalized spacial score (nSPS) is 26.5. The summed E-state index contributed by atoms with van der Waals surface area (Å²) in [6.45, 7) is 8.65. The third-order valence-electron chi connectivity index (χ3n) is 3.60. The van der Waals surface area contributed by atoms with Gasteiger partial charge in [-0.05, 0) is 32.7 Å². The zero-order valence-corrected chi connectivity index (χ0v) is 11.0. The Bertz CT molecular complexity index is 344. The van der Waals surface area contributed by atoms with Crippen molar-refractivity contribution in [2.75, 3.05) is 13.2 Å². The minimum atomic E-state index is 0.268. The highest BCUT2D eigenvalue weighted by Crippen LogP contribution is 2.27. The Kier molecular flexibility index (Phi) is 3.62. The van der Waals surface area contributed by atoms with E-state index in [1.165, 1.54) is 16.3 Å². The van der Waals surface area contributed by atoms with Crippen molar-refractivity contribution in [2.24, 2.45) is 5.92 Å². The number of likely N-dealkylation sites (tertiary alicyclic amines) is 1. The number of aryl methyl sites for hydroxylation is 2. The van der Waals surface area contributed by atoms with Gasteiger partial charge in [0.2, 0.25) is 0 Å². The van der Waals surface area contributed by atoms with Gasteiger partial charge in [-0.3, -0.25) is 4.90 Å². The van der Waals surface area contributed by atoms with Crippen LogP contribution in [0.3, 0.4) is 0 Å². The molecule has 0 spiro atoms. The van der Waals surface area contributed by atoms with Gasteiger partial charge in [-0.15, -0.1) is 11.3 Å². The largest absolute Gasteiger partial charge is 0.395 e. The molecule has 0 aromatic carbocycles. The summed E-state index contributed by atoms with van der Waals surface area (Å²) in [6, 6.07) is 0.324. The predicted molar refractivity (Wildman–Crippen MR) is 66.7 cm³/mol. The third-order valence-corrected chi connectivity index (χ3v) is 4.65. The number of aliphatic hydroxyl groups excluding tert-OH is 1. The van der Waals surface area contributed by atoms with E-state index in [0.717, 1.165) is 18.8 Å². The van der Waals surface area contributed by atoms with Crippen LogP contribution in [0.25, 0.3) is 0 Å². The molecular weight excluding hydrogens is 220 g/mol. The standard InChI is InChI=1S/C12H20N2OS/c1-8-4-5-14(11(8)7-15)6-12-13-9(2)10(3)16-12/h8,11,15H,4-7H2,1-3H3. The Balaban J connectivity index is 2.04. The van der Waals surface area contributed by atoms with E-state index < -0.39 is 0 Å². The summed E-state index contributed by atoms with van der Waals surface area (Å²) in [4.78, 5) is 8.23. The third kappa shape index (κ3) is 2.29. The lowest BCUT2D eigenvalue weighted by Crippen LogP contribution is -2.34. The molecule has 0 aliphatic carbocycles. The molecule has 1 aliphatic heterocycles. The lowest BCUT2D eigenvalue weighted by atomic mass is 10.0. The van der Waals surface area contributed by atoms with Crippen molar-refractivity contribution in [3.63, 3.8) is 0 Å². The maximum absolute atomic E-state index is 9.39. The second-order valence-electron chi connectivity index (χ2n) is 4.74. The van der Waals surface area contributed by atoms with Crippen LogP contribution in [0.2, 0.25) is 0 Å². The Hall–Kier alpha value is -0.450. The fourth-order valence-corrected chi connectivity index (χ4v) is 3.32. The van der Waals surface area contributed by atoms with Gasteiger partial charge < -0.3 is 5.11 Å². The Morgan fingerprint density at radius 3 is 2.81 bits per heavy atom. The van der Waals surface area contributed by atoms with Crippen LogP contribution in [0.1, 0.15) is 28.9 Å². The molecule has 2 heterocycles. The van der Waals surface area contributed by atoms with E-state index in [1.807, 2.05) is 0 Å². The van der Waals surface area contributed by atoms with Crippen LogP contribution < -0.4 is 0 Å². The lowest BCUT2D eigenvalue weighted by Gasteiger charge is -2.23. The summed E-state index contributed by atoms with van der Waals surface area (Å²) in [5.74, 6) is 0.604. The first-order chi connectivity index (χ1) is 7.61. The summed E-state index contributed by atoms with van der Waals surface area (Å²) < 4.78 is 0. The number of hydrogen-bond acceptors (Lipinski definition) is 4. The average molecular weight is 240 g/mol. The van der Waals surface area contributed by atoms with Crippen LogP contribution in [0.5, 0.6) is 0 Å². The zero-order chi connectivity index (χ0) is 11.7. The van der Waals surface area contributed by atoms with Crippen molar-refractivity contribution in [3.8, 4) is 0 Å². The first-order valence-corrected chi connectivity index (χ1v) is 6.71. The molecule has 16 heavy (non-hydrogen) atoms. The molecule has 1 saturated heterocycles. The number of thiazole rings is 1. The molecule has 3 nitrogen and oxygen atoms in total. The predicted octanol–water partition coefficient (Wildman–Crippen LogP) is 1.96. The van der Waals surface area contributed by atoms with Crippen molar-refractivity contribution >= 4 is 11.3 Å². The molecule has 1 aliphatic rings. The van der Waals surface area contributed by atoms with E-state index in [4.69, 9.17) is 0 Å². The molecule has 0 saturated carbocycles. The van der Waals surface area contributed by atoms with Crippen molar-refractivity contribution in [1.82, 2.24) is 9.88 Å². The number of nitrogens with zero attached hydrogens (tertiary/aromatic N) is 2. The highest BCUT2D eigenvalue weighted by Gasteiger charge is 2.30. The number of aliphatic hydroxyl groups is 1. The summed E-state index contributed by atoms with van der Waals surface area (Å²) >= 11 is 1.78. The zero-order valence-electron chi connectivity index (χ0n) is 10.2. The van der Waals surface area contributed by atoms with Crippen molar-refractivity contribution in [1.29, 1.82) is 0 Å². The van der Waals surface area contributed by atoms with Gasteiger partial charge >= 0.3 is 0 Å². The maximum Gasteiger partial charge on any atom is 0.107 e. The molecule has 2 unspecified atom stereocenters. The fraction of sp³-hybridized carbons (Fsp3) is 0.750. The molecule has 1 fully saturated rings. The maximum atomic E-state index is 9.39. The Morgan fingerprint density at radius 2 is 2.25 bits per heavy atom. The van der Waals surface area contributed by atoms with Crippen LogP contribution in [-0.2, 0) is 6.54 Å². The first-order valence-electron chi connectivity index (χ1n) is 5.89. The second kappa shape index (κ2) is 4.82. The van der Waals surface area contributed by atoms with Gasteiger partial charge in [0, 0.05) is 10.9 Å². The monoisotopic (exact) mass is 240 g/mol. The van der Waals surface area contributed by atoms with Gasteiger partial charge in [0.05, 0.1) is 18.8 Å². The van der Waals surface area contributed by atoms with E-state index in [1.54, 1.807) is 11.3 Å². The van der Waals surface area contributed by atoms with E-state index in [0.29, 0.717) is 12.0 Å². The molecule has 0 bridgehead atoms. The molecule has 1 N–H and O–H groups in total. The molecule has 2 atom stereocenters. The van der Waals surface area contributed by atoms with Gasteiger partial charge in [0.15, 0.2) is 0 Å². The fourth-order valence-electron chi connectivity index (χ4n) is 2.36. The molecule has 2 rings (SSSR count). The van der Waals surface area contributed by atoms with Gasteiger partial charge in [0.25, 0.3) is 0 Å². The molecule has 90 valence electrons. The molecule has 4 heteroatoms. The van der Waals surface area contributed by atoms with Gasteiger partial charge in [-0.25, -0.2) is 4.98 Å². The molecule has 0 amide bonds. The molecule has 0 radical (unpaired) electrons. The Labute approximate surface area is 101 Å². The van der Waals surface area contributed by atoms with Gasteiger partial charge in [-0.1, -0.05) is 6.92 Å². The topological polar surface area (TPSA) is 36.4 Å². The summed E-state index contributed by atoms with van der Waals surface area (Å²) in [5.41, 5.74) is 1.15. The number of rotatable bonds is 3. The van der Waals surface area contributed by atoms with Crippen LogP contribution in [0, 0.1) is 19.8 Å². The minimum absolute atomic E-state index is 0.268. The van der Waals surface area contributed by atoms with Gasteiger partial charge in [0.1, 0.15) is 5.01 Å². The summed E-state index contributed by atoms with van der Waals surface area (Å²) in [7, 11) is 0. The van der Waals surface area contributed by atoms with E-state index in [2.05, 4.69) is 30.7 Å². The number of aromatic nitrogens is 1. The van der Waals surface area contributed by atoms with Crippen molar-refractivity contribution in [2.45, 2.75) is 39.8 Å². The SMILES string of the molecule is Cc1nc(CN2CCC(C)C2CO)sc1C. The van der Waals surface area contributed by atoms with E-state index >= 15 is 0 Å². The van der Waals surface area contributed by atoms with Crippen LogP contribution >= 0.6 is 11.3 Å². The summed E-state index contributed by atoms with van der Waals surface area (Å²) in [5, 5.41) is 10.6. The first kappa shape index (κ1) is 12.0. The van der Waals surface area contributed by atoms with E-state index in [-0.39, 0.29) is 6.61 Å². The average Bonchev–Trinajstić information content (AvgIpc) is 2.72. The second-order valence-corrected chi connectivity index (χ2v) is 6.02. The highest BCUT2D eigenvalue weighted by atomic mass is 32.1. The van der Waals surface area contributed by atoms with Crippen LogP contribution in [-0.4, -0.2) is 34.2 Å². The van der Waals surface area contributed by atoms with Crippen LogP contribution in [0.15, 0.2) is 0 Å². The molecule has 1 aromatic heterocycles. The van der Waals surface area contributed by atoms with Gasteiger partial charge in [-0.2, -0.15) is 0 Å². The lowest BCUT2D eigenvalue weighted by molar-refractivity contribution is 0.134. The molecule has 1 aromatic rings. The quantitative estimate of drug-likeness (QED) is 0.877. The Morgan fingerprint density at radius 1 is 1.50 bits per heavy atom. The smallest absolute Gasteiger partial charge is 0.107 e. The van der Waals surface area contributed by atoms with Crippen molar-refractivity contribution in [3.05, 3.63) is 15.6 Å². The molecular formula is C12H20N2OS. The van der Waals surface area contributed by atoms with Crippen molar-refractivity contribution < 1.29 is 5.11 Å².